The fourth-order valence-corrected chi connectivity index (χ4v) is 1.63. The van der Waals surface area contributed by atoms with Gasteiger partial charge in [-0.3, -0.25) is 0 Å². The quantitative estimate of drug-likeness (QED) is 0.727. The van der Waals surface area contributed by atoms with E-state index in [-0.39, 0.29) is 19.8 Å². The molecule has 2 heterocycles. The van der Waals surface area contributed by atoms with Gasteiger partial charge < -0.3 is 14.0 Å². The van der Waals surface area contributed by atoms with Crippen molar-refractivity contribution >= 4 is 5.97 Å². The van der Waals surface area contributed by atoms with Gasteiger partial charge in [-0.05, 0) is 6.07 Å². The van der Waals surface area contributed by atoms with E-state index >= 15 is 0 Å². The minimum atomic E-state index is -0.709. The Hall–Kier alpha value is -2.31. The molecule has 0 atom stereocenters. The van der Waals surface area contributed by atoms with E-state index in [1.165, 1.54) is 10.6 Å². The minimum absolute atomic E-state index is 0.00933. The zero-order chi connectivity index (χ0) is 13.2. The van der Waals surface area contributed by atoms with E-state index in [2.05, 4.69) is 6.07 Å². The molecule has 18 heavy (non-hydrogen) atoms. The second-order valence-corrected chi connectivity index (χ2v) is 4.30. The first-order valence-corrected chi connectivity index (χ1v) is 5.33. The summed E-state index contributed by atoms with van der Waals surface area (Å²) < 4.78 is 11.6. The number of esters is 1. The molecule has 0 bridgehead atoms. The van der Waals surface area contributed by atoms with Crippen LogP contribution >= 0.6 is 0 Å². The zero-order valence-corrected chi connectivity index (χ0v) is 9.84. The van der Waals surface area contributed by atoms with Crippen LogP contribution < -0.4 is 0 Å². The number of hydrogen-bond acceptors (Lipinski definition) is 5. The van der Waals surface area contributed by atoms with E-state index in [1.54, 1.807) is 13.2 Å². The fraction of sp³-hybridized carbons (Fsp3) is 0.417. The Labute approximate surface area is 104 Å². The zero-order valence-electron chi connectivity index (χ0n) is 9.84. The molecule has 0 aromatic carbocycles. The Morgan fingerprint density at radius 3 is 2.78 bits per heavy atom. The van der Waals surface area contributed by atoms with Crippen molar-refractivity contribution in [2.45, 2.75) is 0 Å². The highest BCUT2D eigenvalue weighted by molar-refractivity contribution is 5.88. The third-order valence-corrected chi connectivity index (χ3v) is 2.82. The van der Waals surface area contributed by atoms with Crippen LogP contribution in [-0.2, 0) is 16.5 Å². The first kappa shape index (κ1) is 12.2. The number of carbonyl (C=O) groups is 1. The lowest BCUT2D eigenvalue weighted by Gasteiger charge is -2.33. The van der Waals surface area contributed by atoms with Crippen LogP contribution in [0.5, 0.6) is 0 Å². The summed E-state index contributed by atoms with van der Waals surface area (Å²) >= 11 is 0. The maximum Gasteiger partial charge on any atom is 0.355 e. The first-order valence-electron chi connectivity index (χ1n) is 5.33. The number of hydrogen-bond donors (Lipinski definition) is 0. The predicted octanol–water partition coefficient (Wildman–Crippen LogP) is 0.594. The highest BCUT2D eigenvalue weighted by atomic mass is 16.5. The molecule has 1 aromatic rings. The van der Waals surface area contributed by atoms with Crippen molar-refractivity contribution < 1.29 is 14.3 Å². The summed E-state index contributed by atoms with van der Waals surface area (Å²) in [4.78, 5) is 11.8. The minimum Gasteiger partial charge on any atom is -0.459 e. The highest BCUT2D eigenvalue weighted by Gasteiger charge is 2.40. The van der Waals surface area contributed by atoms with Gasteiger partial charge in [0.1, 0.15) is 23.8 Å². The maximum absolute atomic E-state index is 11.8. The van der Waals surface area contributed by atoms with Gasteiger partial charge in [0.15, 0.2) is 0 Å². The number of nitriles is 2. The summed E-state index contributed by atoms with van der Waals surface area (Å²) in [5, 5.41) is 17.7. The monoisotopic (exact) mass is 245 g/mol. The number of ether oxygens (including phenoxy) is 2. The molecule has 0 amide bonds. The van der Waals surface area contributed by atoms with Gasteiger partial charge in [0.2, 0.25) is 0 Å². The fourth-order valence-electron chi connectivity index (χ4n) is 1.63. The molecule has 0 aliphatic carbocycles. The summed E-state index contributed by atoms with van der Waals surface area (Å²) in [7, 11) is 1.66. The molecule has 1 aromatic heterocycles. The molecule has 1 saturated heterocycles. The van der Waals surface area contributed by atoms with Crippen LogP contribution in [0.2, 0.25) is 0 Å². The van der Waals surface area contributed by atoms with E-state index in [4.69, 9.17) is 20.0 Å². The summed E-state index contributed by atoms with van der Waals surface area (Å²) in [5.74, 6) is -0.541. The Balaban J connectivity index is 2.02. The van der Waals surface area contributed by atoms with Gasteiger partial charge in [0.05, 0.1) is 24.8 Å². The highest BCUT2D eigenvalue weighted by Crippen LogP contribution is 2.27. The molecule has 0 spiro atoms. The lowest BCUT2D eigenvalue weighted by Crippen LogP contribution is -2.45. The lowest BCUT2D eigenvalue weighted by molar-refractivity contribution is -0.104. The van der Waals surface area contributed by atoms with Gasteiger partial charge in [0.25, 0.3) is 0 Å². The maximum atomic E-state index is 11.8. The van der Waals surface area contributed by atoms with Crippen LogP contribution in [0.1, 0.15) is 16.1 Å². The smallest absolute Gasteiger partial charge is 0.355 e. The Bertz CT molecular complexity index is 558. The normalized spacial score (nSPS) is 16.2. The van der Waals surface area contributed by atoms with Crippen LogP contribution in [0.15, 0.2) is 12.3 Å². The second kappa shape index (κ2) is 4.52. The summed E-state index contributed by atoms with van der Waals surface area (Å²) in [6, 6.07) is 5.50. The topological polar surface area (TPSA) is 88.0 Å². The summed E-state index contributed by atoms with van der Waals surface area (Å²) in [6.07, 6.45) is 1.54. The van der Waals surface area contributed by atoms with Crippen molar-refractivity contribution in [2.75, 3.05) is 19.8 Å². The summed E-state index contributed by atoms with van der Waals surface area (Å²) in [6.45, 7) is 0.579. The van der Waals surface area contributed by atoms with Crippen LogP contribution in [0.3, 0.4) is 0 Å². The van der Waals surface area contributed by atoms with Crippen molar-refractivity contribution in [1.82, 2.24) is 4.57 Å². The number of aromatic nitrogens is 1. The number of nitrogens with zero attached hydrogens (tertiary/aromatic N) is 3. The van der Waals surface area contributed by atoms with Gasteiger partial charge >= 0.3 is 5.97 Å². The largest absolute Gasteiger partial charge is 0.459 e. The molecule has 0 radical (unpaired) electrons. The molecule has 6 heteroatoms. The third-order valence-electron chi connectivity index (χ3n) is 2.82. The van der Waals surface area contributed by atoms with Gasteiger partial charge in [-0.15, -0.1) is 0 Å². The number of aryl methyl sites for hydroxylation is 1. The molecule has 0 saturated carbocycles. The molecule has 0 unspecified atom stereocenters. The van der Waals surface area contributed by atoms with Gasteiger partial charge in [-0.1, -0.05) is 0 Å². The van der Waals surface area contributed by atoms with E-state index in [0.717, 1.165) is 0 Å². The van der Waals surface area contributed by atoms with Gasteiger partial charge in [0, 0.05) is 13.2 Å². The molecule has 2 rings (SSSR count). The van der Waals surface area contributed by atoms with Gasteiger partial charge in [-0.2, -0.15) is 10.5 Å². The van der Waals surface area contributed by atoms with Gasteiger partial charge in [-0.25, -0.2) is 4.79 Å². The van der Waals surface area contributed by atoms with Crippen LogP contribution in [-0.4, -0.2) is 30.4 Å². The van der Waals surface area contributed by atoms with Crippen molar-refractivity contribution in [1.29, 1.82) is 10.5 Å². The van der Waals surface area contributed by atoms with E-state index in [0.29, 0.717) is 11.3 Å². The average molecular weight is 245 g/mol. The van der Waals surface area contributed by atoms with Crippen LogP contribution in [0, 0.1) is 28.1 Å². The van der Waals surface area contributed by atoms with Crippen molar-refractivity contribution in [3.63, 3.8) is 0 Å². The molecule has 0 N–H and O–H groups in total. The Morgan fingerprint density at radius 2 is 2.33 bits per heavy atom. The Kier molecular flexibility index (Phi) is 3.05. The van der Waals surface area contributed by atoms with E-state index in [1.807, 2.05) is 6.07 Å². The van der Waals surface area contributed by atoms with Crippen LogP contribution in [0.25, 0.3) is 0 Å². The summed E-state index contributed by atoms with van der Waals surface area (Å²) in [5.41, 5.74) is -0.0230. The van der Waals surface area contributed by atoms with Crippen molar-refractivity contribution in [3.8, 4) is 12.1 Å². The Morgan fingerprint density at radius 1 is 1.61 bits per heavy atom. The van der Waals surface area contributed by atoms with Crippen LogP contribution in [0.4, 0.5) is 0 Å². The molecule has 1 aliphatic rings. The molecule has 1 aliphatic heterocycles. The predicted molar refractivity (Wildman–Crippen MR) is 59.3 cm³/mol. The third kappa shape index (κ3) is 2.06. The molecular weight excluding hydrogens is 234 g/mol. The molecule has 1 fully saturated rings. The first-order chi connectivity index (χ1) is 8.60. The number of carbonyl (C=O) groups excluding carboxylic acids is 1. The van der Waals surface area contributed by atoms with E-state index in [9.17, 15) is 4.79 Å². The SMILES string of the molecule is Cn1cc(C#N)cc1C(=O)OCC1(C#N)COC1. The standard InChI is InChI=1S/C12H11N3O3/c1-15-4-9(3-13)2-10(15)11(16)18-8-12(5-14)6-17-7-12/h2,4H,6-8H2,1H3. The molecular formula is C12H11N3O3. The van der Waals surface area contributed by atoms with Crippen molar-refractivity contribution in [2.24, 2.45) is 12.5 Å². The lowest BCUT2D eigenvalue weighted by atomic mass is 9.89. The molecule has 92 valence electrons. The average Bonchev–Trinajstić information content (AvgIpc) is 2.69. The van der Waals surface area contributed by atoms with Crippen molar-refractivity contribution in [3.05, 3.63) is 23.5 Å². The second-order valence-electron chi connectivity index (χ2n) is 4.30. The molecule has 6 nitrogen and oxygen atoms in total. The van der Waals surface area contributed by atoms with E-state index < -0.39 is 11.4 Å². The number of rotatable bonds is 3.